The second-order valence-electron chi connectivity index (χ2n) is 14.8. The van der Waals surface area contributed by atoms with Crippen molar-refractivity contribution in [3.05, 3.63) is 181 Å². The molecule has 4 heteroatoms. The summed E-state index contributed by atoms with van der Waals surface area (Å²) < 4.78 is 12.8. The molecule has 0 saturated carbocycles. The minimum atomic E-state index is -0.0709. The third-order valence-electron chi connectivity index (χ3n) is 11.3. The van der Waals surface area contributed by atoms with Crippen LogP contribution in [0.1, 0.15) is 25.0 Å². The molecule has 1 aliphatic rings. The van der Waals surface area contributed by atoms with Crippen molar-refractivity contribution in [2.75, 3.05) is 4.90 Å². The van der Waals surface area contributed by atoms with Crippen molar-refractivity contribution in [3.8, 4) is 33.7 Å². The summed E-state index contributed by atoms with van der Waals surface area (Å²) in [6.07, 6.45) is 0. The molecule has 0 radical (unpaired) electrons. The zero-order chi connectivity index (χ0) is 36.0. The van der Waals surface area contributed by atoms with Crippen LogP contribution in [0.4, 0.5) is 17.1 Å². The molecule has 0 spiro atoms. The van der Waals surface area contributed by atoms with Gasteiger partial charge < -0.3 is 13.7 Å². The van der Waals surface area contributed by atoms with Crippen LogP contribution in [0.2, 0.25) is 0 Å². The number of furan rings is 1. The Bertz CT molecular complexity index is 3070. The fourth-order valence-electron chi connectivity index (χ4n) is 8.59. The fourth-order valence-corrected chi connectivity index (χ4v) is 8.59. The predicted molar refractivity (Wildman–Crippen MR) is 222 cm³/mol. The average Bonchev–Trinajstić information content (AvgIpc) is 3.86. The fraction of sp³-hybridized carbons (Fsp3) is 0.0600. The van der Waals surface area contributed by atoms with Crippen LogP contribution < -0.4 is 4.90 Å². The van der Waals surface area contributed by atoms with Gasteiger partial charge in [-0.1, -0.05) is 117 Å². The Labute approximate surface area is 312 Å². The maximum absolute atomic E-state index is 6.60. The minimum Gasteiger partial charge on any atom is -0.456 e. The molecule has 0 saturated heterocycles. The zero-order valence-electron chi connectivity index (χ0n) is 29.9. The van der Waals surface area contributed by atoms with Crippen molar-refractivity contribution >= 4 is 60.9 Å². The molecule has 4 nitrogen and oxygen atoms in total. The van der Waals surface area contributed by atoms with Gasteiger partial charge in [-0.15, -0.1) is 0 Å². The number of benzene rings is 8. The Morgan fingerprint density at radius 3 is 2.02 bits per heavy atom. The first-order chi connectivity index (χ1) is 26.5. The van der Waals surface area contributed by atoms with E-state index in [4.69, 9.17) is 13.8 Å². The van der Waals surface area contributed by atoms with Gasteiger partial charge in [0.2, 0.25) is 5.89 Å². The first-order valence-corrected chi connectivity index (χ1v) is 18.4. The lowest BCUT2D eigenvalue weighted by Gasteiger charge is -2.27. The zero-order valence-corrected chi connectivity index (χ0v) is 29.9. The highest BCUT2D eigenvalue weighted by atomic mass is 16.4. The summed E-state index contributed by atoms with van der Waals surface area (Å²) in [4.78, 5) is 7.13. The predicted octanol–water partition coefficient (Wildman–Crippen LogP) is 14.0. The molecule has 0 atom stereocenters. The van der Waals surface area contributed by atoms with Crippen molar-refractivity contribution in [2.45, 2.75) is 19.3 Å². The Hall–Kier alpha value is -6.91. The molecule has 0 unspecified atom stereocenters. The highest BCUT2D eigenvalue weighted by molar-refractivity contribution is 6.10. The summed E-state index contributed by atoms with van der Waals surface area (Å²) in [6.45, 7) is 4.65. The summed E-state index contributed by atoms with van der Waals surface area (Å²) >= 11 is 0. The number of hydrogen-bond donors (Lipinski definition) is 0. The maximum atomic E-state index is 6.60. The van der Waals surface area contributed by atoms with Gasteiger partial charge in [0.15, 0.2) is 5.58 Å². The van der Waals surface area contributed by atoms with Gasteiger partial charge in [0.1, 0.15) is 16.7 Å². The average molecular weight is 695 g/mol. The molecule has 0 N–H and O–H groups in total. The van der Waals surface area contributed by atoms with E-state index in [1.165, 1.54) is 44.2 Å². The highest BCUT2D eigenvalue weighted by Crippen LogP contribution is 2.51. The largest absolute Gasteiger partial charge is 0.456 e. The molecule has 0 amide bonds. The van der Waals surface area contributed by atoms with E-state index < -0.39 is 0 Å². The highest BCUT2D eigenvalue weighted by Gasteiger charge is 2.35. The molecule has 0 bridgehead atoms. The lowest BCUT2D eigenvalue weighted by atomic mass is 9.82. The normalized spacial score (nSPS) is 13.1. The van der Waals surface area contributed by atoms with Crippen molar-refractivity contribution in [1.29, 1.82) is 0 Å². The van der Waals surface area contributed by atoms with E-state index in [2.05, 4.69) is 152 Å². The molecule has 1 aliphatic carbocycles. The summed E-state index contributed by atoms with van der Waals surface area (Å²) in [5.74, 6) is 0.604. The molecule has 2 heterocycles. The van der Waals surface area contributed by atoms with Gasteiger partial charge in [-0.3, -0.25) is 0 Å². The van der Waals surface area contributed by atoms with Crippen LogP contribution in [0.3, 0.4) is 0 Å². The van der Waals surface area contributed by atoms with E-state index in [0.717, 1.165) is 55.7 Å². The summed E-state index contributed by atoms with van der Waals surface area (Å²) in [5, 5.41) is 4.52. The molecule has 2 aromatic heterocycles. The molecule has 11 rings (SSSR count). The first-order valence-electron chi connectivity index (χ1n) is 18.4. The topological polar surface area (TPSA) is 42.4 Å². The SMILES string of the molecule is CC1(C)c2ccccc2-c2cc(N(c3ccc(-c4cccc5ccccc45)cc3)c3ccc4c(c3)oc3cc5nc(-c6ccccc6)oc5cc34)ccc21. The van der Waals surface area contributed by atoms with Gasteiger partial charge in [0.25, 0.3) is 0 Å². The monoisotopic (exact) mass is 694 g/mol. The summed E-state index contributed by atoms with van der Waals surface area (Å²) in [7, 11) is 0. The molecule has 10 aromatic rings. The van der Waals surface area contributed by atoms with Crippen molar-refractivity contribution < 1.29 is 8.83 Å². The van der Waals surface area contributed by atoms with Crippen LogP contribution in [0.15, 0.2) is 179 Å². The molecule has 8 aromatic carbocycles. The van der Waals surface area contributed by atoms with Gasteiger partial charge in [0.05, 0.1) is 0 Å². The molecule has 54 heavy (non-hydrogen) atoms. The van der Waals surface area contributed by atoms with Crippen LogP contribution in [-0.4, -0.2) is 4.98 Å². The third kappa shape index (κ3) is 4.66. The maximum Gasteiger partial charge on any atom is 0.227 e. The van der Waals surface area contributed by atoms with Crippen LogP contribution >= 0.6 is 0 Å². The molecule has 0 fully saturated rings. The Morgan fingerprint density at radius 1 is 0.444 bits per heavy atom. The van der Waals surface area contributed by atoms with Crippen LogP contribution in [0.25, 0.3) is 77.5 Å². The molecular formula is C50H34N2O2. The van der Waals surface area contributed by atoms with Gasteiger partial charge in [-0.25, -0.2) is 4.98 Å². The van der Waals surface area contributed by atoms with Crippen molar-refractivity contribution in [3.63, 3.8) is 0 Å². The van der Waals surface area contributed by atoms with Crippen molar-refractivity contribution in [1.82, 2.24) is 4.98 Å². The molecular weight excluding hydrogens is 661 g/mol. The van der Waals surface area contributed by atoms with Gasteiger partial charge in [0, 0.05) is 50.9 Å². The quantitative estimate of drug-likeness (QED) is 0.180. The Balaban J connectivity index is 1.05. The number of anilines is 3. The minimum absolute atomic E-state index is 0.0709. The Morgan fingerprint density at radius 2 is 1.13 bits per heavy atom. The van der Waals surface area contributed by atoms with E-state index in [1.807, 2.05) is 36.4 Å². The standard InChI is InChI=1S/C50H34N2O2/c1-50(2)43-18-9-8-16-39(43)41-27-35(24-26-44(41)50)52(34-21-19-32(20-22-34)38-17-10-14-31-11-6-7-15-37(31)38)36-23-25-40-42-29-48-45(30-47(42)53-46(40)28-36)51-49(54-48)33-12-4-3-5-13-33/h3-30H,1-2H3. The van der Waals surface area contributed by atoms with Gasteiger partial charge >= 0.3 is 0 Å². The van der Waals surface area contributed by atoms with Gasteiger partial charge in [-0.2, -0.15) is 0 Å². The van der Waals surface area contributed by atoms with Crippen LogP contribution in [0, 0.1) is 0 Å². The number of oxazole rings is 1. The first kappa shape index (κ1) is 30.7. The van der Waals surface area contributed by atoms with Crippen molar-refractivity contribution in [2.24, 2.45) is 0 Å². The van der Waals surface area contributed by atoms with E-state index in [0.29, 0.717) is 5.89 Å². The van der Waals surface area contributed by atoms with E-state index in [1.54, 1.807) is 0 Å². The van der Waals surface area contributed by atoms with Crippen LogP contribution in [-0.2, 0) is 5.41 Å². The van der Waals surface area contributed by atoms with Crippen LogP contribution in [0.5, 0.6) is 0 Å². The van der Waals surface area contributed by atoms with E-state index >= 15 is 0 Å². The number of hydrogen-bond acceptors (Lipinski definition) is 4. The Kier molecular flexibility index (Phi) is 6.56. The number of aromatic nitrogens is 1. The number of rotatable bonds is 5. The van der Waals surface area contributed by atoms with E-state index in [9.17, 15) is 0 Å². The number of nitrogens with zero attached hydrogens (tertiary/aromatic N) is 2. The summed E-state index contributed by atoms with van der Waals surface area (Å²) in [5.41, 5.74) is 14.8. The summed E-state index contributed by atoms with van der Waals surface area (Å²) in [6, 6.07) is 60.3. The molecule has 0 aliphatic heterocycles. The van der Waals surface area contributed by atoms with Gasteiger partial charge in [-0.05, 0) is 98.8 Å². The lowest BCUT2D eigenvalue weighted by molar-refractivity contribution is 0.620. The third-order valence-corrected chi connectivity index (χ3v) is 11.3. The van der Waals surface area contributed by atoms with E-state index in [-0.39, 0.29) is 5.41 Å². The number of fused-ring (bicyclic) bond motifs is 8. The second-order valence-corrected chi connectivity index (χ2v) is 14.8. The second kappa shape index (κ2) is 11.5. The smallest absolute Gasteiger partial charge is 0.227 e. The lowest BCUT2D eigenvalue weighted by Crippen LogP contribution is -2.15. The molecule has 256 valence electrons.